The maximum atomic E-state index is 12.5. The normalized spacial score (nSPS) is 13.8. The molecule has 168 valence electrons. The van der Waals surface area contributed by atoms with E-state index < -0.39 is 0 Å². The monoisotopic (exact) mass is 451 g/mol. The summed E-state index contributed by atoms with van der Waals surface area (Å²) in [4.78, 5) is 30.7. The van der Waals surface area contributed by atoms with E-state index in [1.54, 1.807) is 29.7 Å². The molecule has 4 N–H and O–H groups in total. The number of hydrogen-bond acceptors (Lipinski definition) is 6. The number of fused-ring (bicyclic) bond motifs is 2. The number of amides is 2. The SMILES string of the molecule is O=C(Nc1ccccn1)N1CC=C(c2cc3c(Nc4ccc5[nH]ncc5c4)ncnc3[nH]2)CC1. The van der Waals surface area contributed by atoms with E-state index in [0.717, 1.165) is 51.1 Å². The highest BCUT2D eigenvalue weighted by Gasteiger charge is 2.20. The highest BCUT2D eigenvalue weighted by molar-refractivity contribution is 5.93. The minimum atomic E-state index is -0.155. The molecule has 0 saturated heterocycles. The number of benzene rings is 1. The van der Waals surface area contributed by atoms with Crippen molar-refractivity contribution in [3.63, 3.8) is 0 Å². The number of nitrogens with zero attached hydrogens (tertiary/aromatic N) is 5. The van der Waals surface area contributed by atoms with Crippen molar-refractivity contribution < 1.29 is 4.79 Å². The van der Waals surface area contributed by atoms with E-state index in [0.29, 0.717) is 18.9 Å². The van der Waals surface area contributed by atoms with Crippen LogP contribution in [0.5, 0.6) is 0 Å². The van der Waals surface area contributed by atoms with Gasteiger partial charge in [0, 0.05) is 36.1 Å². The number of urea groups is 1. The quantitative estimate of drug-likeness (QED) is 0.323. The van der Waals surface area contributed by atoms with Crippen LogP contribution in [0.3, 0.4) is 0 Å². The van der Waals surface area contributed by atoms with Crippen molar-refractivity contribution >= 4 is 50.9 Å². The number of aromatic nitrogens is 6. The van der Waals surface area contributed by atoms with Crippen LogP contribution in [-0.2, 0) is 0 Å². The van der Waals surface area contributed by atoms with Crippen molar-refractivity contribution in [2.45, 2.75) is 6.42 Å². The average Bonchev–Trinajstić information content (AvgIpc) is 3.52. The summed E-state index contributed by atoms with van der Waals surface area (Å²) in [6.07, 6.45) is 7.79. The van der Waals surface area contributed by atoms with Gasteiger partial charge in [-0.25, -0.2) is 19.7 Å². The third-order valence-corrected chi connectivity index (χ3v) is 5.87. The fourth-order valence-corrected chi connectivity index (χ4v) is 4.09. The van der Waals surface area contributed by atoms with E-state index >= 15 is 0 Å². The Hall–Kier alpha value is -4.73. The van der Waals surface area contributed by atoms with Crippen LogP contribution in [0.2, 0.25) is 0 Å². The van der Waals surface area contributed by atoms with Crippen molar-refractivity contribution in [1.29, 1.82) is 0 Å². The Morgan fingerprint density at radius 2 is 2.06 bits per heavy atom. The van der Waals surface area contributed by atoms with Gasteiger partial charge in [-0.05, 0) is 48.4 Å². The van der Waals surface area contributed by atoms with E-state index in [4.69, 9.17) is 0 Å². The summed E-state index contributed by atoms with van der Waals surface area (Å²) in [7, 11) is 0. The van der Waals surface area contributed by atoms with Gasteiger partial charge in [-0.2, -0.15) is 5.10 Å². The molecule has 0 radical (unpaired) electrons. The van der Waals surface area contributed by atoms with Crippen LogP contribution in [-0.4, -0.2) is 54.2 Å². The summed E-state index contributed by atoms with van der Waals surface area (Å²) < 4.78 is 0. The number of H-pyrrole nitrogens is 2. The Morgan fingerprint density at radius 1 is 1.09 bits per heavy atom. The van der Waals surface area contributed by atoms with Gasteiger partial charge >= 0.3 is 6.03 Å². The molecule has 2 amide bonds. The lowest BCUT2D eigenvalue weighted by Gasteiger charge is -2.26. The Morgan fingerprint density at radius 3 is 2.91 bits per heavy atom. The molecule has 1 aliphatic rings. The lowest BCUT2D eigenvalue weighted by atomic mass is 10.1. The Labute approximate surface area is 194 Å². The molecule has 1 aliphatic heterocycles. The molecule has 0 atom stereocenters. The zero-order valence-electron chi connectivity index (χ0n) is 18.1. The second-order valence-corrected chi connectivity index (χ2v) is 8.04. The van der Waals surface area contributed by atoms with Crippen LogP contribution >= 0.6 is 0 Å². The van der Waals surface area contributed by atoms with Gasteiger partial charge in [0.25, 0.3) is 0 Å². The summed E-state index contributed by atoms with van der Waals surface area (Å²) in [5.74, 6) is 1.27. The minimum Gasteiger partial charge on any atom is -0.340 e. The molecule has 10 heteroatoms. The van der Waals surface area contributed by atoms with Crippen molar-refractivity contribution in [3.05, 3.63) is 73.0 Å². The third-order valence-electron chi connectivity index (χ3n) is 5.87. The van der Waals surface area contributed by atoms with Crippen LogP contribution in [0, 0.1) is 0 Å². The summed E-state index contributed by atoms with van der Waals surface area (Å²) in [5, 5.41) is 15.2. The molecule has 0 fully saturated rings. The van der Waals surface area contributed by atoms with Crippen LogP contribution in [0.4, 0.5) is 22.1 Å². The summed E-state index contributed by atoms with van der Waals surface area (Å²) >= 11 is 0. The number of nitrogens with one attached hydrogen (secondary N) is 4. The Kier molecular flexibility index (Phi) is 4.87. The van der Waals surface area contributed by atoms with Crippen molar-refractivity contribution in [1.82, 2.24) is 35.0 Å². The number of carbonyl (C=O) groups is 1. The van der Waals surface area contributed by atoms with Gasteiger partial charge in [-0.3, -0.25) is 10.4 Å². The van der Waals surface area contributed by atoms with Gasteiger partial charge in [0.1, 0.15) is 23.6 Å². The first kappa shape index (κ1) is 19.9. The molecule has 0 aliphatic carbocycles. The maximum absolute atomic E-state index is 12.5. The van der Waals surface area contributed by atoms with Gasteiger partial charge < -0.3 is 15.2 Å². The molecular formula is C24H21N9O. The fourth-order valence-electron chi connectivity index (χ4n) is 4.09. The molecule has 0 saturated carbocycles. The summed E-state index contributed by atoms with van der Waals surface area (Å²) in [5.41, 5.74) is 4.78. The van der Waals surface area contributed by atoms with E-state index in [2.05, 4.69) is 52.9 Å². The molecule has 10 nitrogen and oxygen atoms in total. The van der Waals surface area contributed by atoms with Crippen LogP contribution < -0.4 is 10.6 Å². The van der Waals surface area contributed by atoms with Crippen LogP contribution in [0.15, 0.2) is 67.3 Å². The largest absolute Gasteiger partial charge is 0.340 e. The van der Waals surface area contributed by atoms with Crippen LogP contribution in [0.25, 0.3) is 27.5 Å². The first-order valence-electron chi connectivity index (χ1n) is 10.9. The molecule has 4 aromatic heterocycles. The zero-order valence-corrected chi connectivity index (χ0v) is 18.1. The smallest absolute Gasteiger partial charge is 0.323 e. The van der Waals surface area contributed by atoms with E-state index in [9.17, 15) is 4.79 Å². The molecule has 5 heterocycles. The van der Waals surface area contributed by atoms with Crippen molar-refractivity contribution in [2.24, 2.45) is 0 Å². The van der Waals surface area contributed by atoms with E-state index in [1.165, 1.54) is 0 Å². The number of anilines is 3. The fraction of sp³-hybridized carbons (Fsp3) is 0.125. The van der Waals surface area contributed by atoms with Gasteiger partial charge in [-0.15, -0.1) is 0 Å². The summed E-state index contributed by atoms with van der Waals surface area (Å²) in [6.45, 7) is 1.13. The van der Waals surface area contributed by atoms with E-state index in [1.807, 2.05) is 30.3 Å². The molecule has 1 aromatic carbocycles. The molecule has 34 heavy (non-hydrogen) atoms. The Balaban J connectivity index is 1.20. The first-order chi connectivity index (χ1) is 16.7. The van der Waals surface area contributed by atoms with Crippen LogP contribution in [0.1, 0.15) is 12.1 Å². The van der Waals surface area contributed by atoms with E-state index in [-0.39, 0.29) is 6.03 Å². The molecule has 0 spiro atoms. The number of pyridine rings is 1. The second-order valence-electron chi connectivity index (χ2n) is 8.04. The lowest BCUT2D eigenvalue weighted by molar-refractivity contribution is 0.217. The summed E-state index contributed by atoms with van der Waals surface area (Å²) in [6, 6.07) is 13.3. The van der Waals surface area contributed by atoms with Gasteiger partial charge in [-0.1, -0.05) is 12.1 Å². The van der Waals surface area contributed by atoms with Gasteiger partial charge in [0.2, 0.25) is 0 Å². The second kappa shape index (κ2) is 8.32. The van der Waals surface area contributed by atoms with Gasteiger partial charge in [0.15, 0.2) is 0 Å². The van der Waals surface area contributed by atoms with Gasteiger partial charge in [0.05, 0.1) is 17.1 Å². The molecular weight excluding hydrogens is 430 g/mol. The van der Waals surface area contributed by atoms with Crippen molar-refractivity contribution in [2.75, 3.05) is 23.7 Å². The number of carbonyl (C=O) groups excluding carboxylic acids is 1. The van der Waals surface area contributed by atoms with Crippen molar-refractivity contribution in [3.8, 4) is 0 Å². The molecule has 0 unspecified atom stereocenters. The number of rotatable bonds is 4. The maximum Gasteiger partial charge on any atom is 0.323 e. The average molecular weight is 451 g/mol. The third kappa shape index (κ3) is 3.81. The molecule has 5 aromatic rings. The highest BCUT2D eigenvalue weighted by Crippen LogP contribution is 2.29. The predicted molar refractivity (Wildman–Crippen MR) is 131 cm³/mol. The highest BCUT2D eigenvalue weighted by atomic mass is 16.2. The lowest BCUT2D eigenvalue weighted by Crippen LogP contribution is -2.38. The Bertz CT molecular complexity index is 1520. The predicted octanol–water partition coefficient (Wildman–Crippen LogP) is 4.29. The molecule has 0 bridgehead atoms. The molecule has 6 rings (SSSR count). The first-order valence-corrected chi connectivity index (χ1v) is 10.9. The zero-order chi connectivity index (χ0) is 22.9. The number of hydrogen-bond donors (Lipinski definition) is 4. The number of aromatic amines is 2. The topological polar surface area (TPSA) is 128 Å². The standard InChI is InChI=1S/C24H21N9O/c34-24(31-21-3-1-2-8-25-21)33-9-6-15(7-10-33)20-12-18-22(26-14-27-23(18)30-20)29-17-4-5-19-16(11-17)13-28-32-19/h1-6,8,11-14H,7,9-10H2,(H,28,32)(H,25,31,34)(H2,26,27,29,30). The minimum absolute atomic E-state index is 0.155.